The highest BCUT2D eigenvalue weighted by Crippen LogP contribution is 2.34. The SMILES string of the molecule is NS(=O)(=O)c1ccc(-c2ocnc2C(C#Cc2cc(F)cc(C3(O)CCOCC3)c2)c2ccccc2)cc1. The van der Waals surface area contributed by atoms with E-state index in [9.17, 15) is 17.9 Å². The molecular formula is C29H25FN2O5S. The van der Waals surface area contributed by atoms with Gasteiger partial charge in [-0.3, -0.25) is 0 Å². The summed E-state index contributed by atoms with van der Waals surface area (Å²) in [5, 5.41) is 16.3. The van der Waals surface area contributed by atoms with Crippen molar-refractivity contribution in [1.29, 1.82) is 0 Å². The Morgan fingerprint density at radius 3 is 2.42 bits per heavy atom. The second-order valence-electron chi connectivity index (χ2n) is 9.12. The van der Waals surface area contributed by atoms with E-state index in [4.69, 9.17) is 14.3 Å². The van der Waals surface area contributed by atoms with Crippen molar-refractivity contribution in [3.63, 3.8) is 0 Å². The minimum atomic E-state index is -3.84. The lowest BCUT2D eigenvalue weighted by Gasteiger charge is -2.32. The van der Waals surface area contributed by atoms with Crippen molar-refractivity contribution in [3.05, 3.63) is 107 Å². The molecule has 5 rings (SSSR count). The summed E-state index contributed by atoms with van der Waals surface area (Å²) in [6, 6.07) is 19.8. The van der Waals surface area contributed by atoms with Gasteiger partial charge >= 0.3 is 0 Å². The molecule has 0 amide bonds. The van der Waals surface area contributed by atoms with E-state index in [2.05, 4.69) is 16.8 Å². The maximum Gasteiger partial charge on any atom is 0.238 e. The van der Waals surface area contributed by atoms with Crippen LogP contribution in [0.3, 0.4) is 0 Å². The molecule has 9 heteroatoms. The standard InChI is InChI=1S/C29H25FN2O5S/c30-24-17-20(16-23(18-24)29(33)12-14-36-15-13-29)6-11-26(21-4-2-1-3-5-21)27-28(37-19-32-27)22-7-9-25(10-8-22)38(31,34)35/h1-5,7-10,16-19,26,33H,12-15H2,(H2,31,34,35). The van der Waals surface area contributed by atoms with Crippen molar-refractivity contribution >= 4 is 10.0 Å². The number of rotatable bonds is 5. The number of hydrogen-bond acceptors (Lipinski definition) is 6. The highest BCUT2D eigenvalue weighted by molar-refractivity contribution is 7.89. The van der Waals surface area contributed by atoms with Crippen LogP contribution in [0.15, 0.2) is 88.5 Å². The summed E-state index contributed by atoms with van der Waals surface area (Å²) in [4.78, 5) is 4.41. The number of nitrogens with zero attached hydrogens (tertiary/aromatic N) is 1. The highest BCUT2D eigenvalue weighted by atomic mass is 32.2. The number of benzene rings is 3. The molecule has 0 bridgehead atoms. The zero-order valence-corrected chi connectivity index (χ0v) is 21.1. The van der Waals surface area contributed by atoms with E-state index in [0.29, 0.717) is 54.2 Å². The molecule has 0 aliphatic carbocycles. The van der Waals surface area contributed by atoms with Gasteiger partial charge in [0.2, 0.25) is 10.0 Å². The van der Waals surface area contributed by atoms with Gasteiger partial charge in [-0.15, -0.1) is 0 Å². The molecule has 1 aromatic heterocycles. The third kappa shape index (κ3) is 5.54. The second kappa shape index (κ2) is 10.5. The van der Waals surface area contributed by atoms with Gasteiger partial charge in [-0.25, -0.2) is 22.9 Å². The molecule has 1 atom stereocenters. The van der Waals surface area contributed by atoms with Gasteiger partial charge < -0.3 is 14.3 Å². The Morgan fingerprint density at radius 1 is 1.03 bits per heavy atom. The number of sulfonamides is 1. The van der Waals surface area contributed by atoms with E-state index < -0.39 is 27.4 Å². The minimum absolute atomic E-state index is 0.0187. The summed E-state index contributed by atoms with van der Waals surface area (Å²) in [6.45, 7) is 0.800. The van der Waals surface area contributed by atoms with Crippen LogP contribution in [0.2, 0.25) is 0 Å². The fraction of sp³-hybridized carbons (Fsp3) is 0.207. The lowest BCUT2D eigenvalue weighted by Crippen LogP contribution is -2.33. The van der Waals surface area contributed by atoms with Crippen LogP contribution in [0.1, 0.15) is 41.1 Å². The van der Waals surface area contributed by atoms with Crippen molar-refractivity contribution in [3.8, 4) is 23.2 Å². The molecule has 0 spiro atoms. The third-order valence-electron chi connectivity index (χ3n) is 6.56. The number of nitrogens with two attached hydrogens (primary N) is 1. The highest BCUT2D eigenvalue weighted by Gasteiger charge is 2.32. The van der Waals surface area contributed by atoms with Gasteiger partial charge in [-0.1, -0.05) is 42.2 Å². The quantitative estimate of drug-likeness (QED) is 0.370. The van der Waals surface area contributed by atoms with Crippen molar-refractivity contribution in [2.75, 3.05) is 13.2 Å². The van der Waals surface area contributed by atoms with Crippen LogP contribution in [0.25, 0.3) is 11.3 Å². The normalized spacial score (nSPS) is 15.9. The van der Waals surface area contributed by atoms with E-state index in [1.165, 1.54) is 30.7 Å². The second-order valence-corrected chi connectivity index (χ2v) is 10.7. The minimum Gasteiger partial charge on any atom is -0.443 e. The Morgan fingerprint density at radius 2 is 1.74 bits per heavy atom. The predicted octanol–water partition coefficient (Wildman–Crippen LogP) is 4.31. The molecule has 1 aliphatic rings. The molecule has 1 fully saturated rings. The van der Waals surface area contributed by atoms with Crippen molar-refractivity contribution in [2.24, 2.45) is 5.14 Å². The maximum absolute atomic E-state index is 14.6. The molecule has 194 valence electrons. The van der Waals surface area contributed by atoms with Crippen molar-refractivity contribution in [1.82, 2.24) is 4.98 Å². The molecule has 7 nitrogen and oxygen atoms in total. The van der Waals surface area contributed by atoms with Crippen LogP contribution < -0.4 is 5.14 Å². The van der Waals surface area contributed by atoms with Crippen LogP contribution in [-0.4, -0.2) is 31.7 Å². The van der Waals surface area contributed by atoms with Gasteiger partial charge in [0.25, 0.3) is 0 Å². The Hall–Kier alpha value is -3.81. The van der Waals surface area contributed by atoms with Gasteiger partial charge in [0.05, 0.1) is 16.4 Å². The summed E-state index contributed by atoms with van der Waals surface area (Å²) >= 11 is 0. The summed E-state index contributed by atoms with van der Waals surface area (Å²) in [7, 11) is -3.84. The first-order valence-electron chi connectivity index (χ1n) is 12.0. The Bertz CT molecular complexity index is 1600. The van der Waals surface area contributed by atoms with E-state index >= 15 is 0 Å². The monoisotopic (exact) mass is 532 g/mol. The number of primary sulfonamides is 1. The van der Waals surface area contributed by atoms with Crippen LogP contribution in [-0.2, 0) is 20.4 Å². The smallest absolute Gasteiger partial charge is 0.238 e. The topological polar surface area (TPSA) is 116 Å². The number of ether oxygens (including phenoxy) is 1. The van der Waals surface area contributed by atoms with E-state index in [1.807, 2.05) is 30.3 Å². The molecule has 3 aromatic carbocycles. The summed E-state index contributed by atoms with van der Waals surface area (Å²) in [5.41, 5.74) is 1.69. The Kier molecular flexibility index (Phi) is 7.15. The number of halogens is 1. The number of hydrogen-bond donors (Lipinski definition) is 2. The van der Waals surface area contributed by atoms with Crippen LogP contribution in [0, 0.1) is 17.7 Å². The van der Waals surface area contributed by atoms with Crippen LogP contribution in [0.5, 0.6) is 0 Å². The average molecular weight is 533 g/mol. The summed E-state index contributed by atoms with van der Waals surface area (Å²) in [6.07, 6.45) is 2.06. The zero-order chi connectivity index (χ0) is 26.8. The fourth-order valence-corrected chi connectivity index (χ4v) is 5.03. The lowest BCUT2D eigenvalue weighted by atomic mass is 9.85. The first-order chi connectivity index (χ1) is 18.2. The molecule has 0 radical (unpaired) electrons. The fourth-order valence-electron chi connectivity index (χ4n) is 4.51. The molecule has 2 heterocycles. The maximum atomic E-state index is 14.6. The third-order valence-corrected chi connectivity index (χ3v) is 7.49. The van der Waals surface area contributed by atoms with E-state index in [-0.39, 0.29) is 4.90 Å². The summed E-state index contributed by atoms with van der Waals surface area (Å²) in [5.74, 6) is 5.67. The molecule has 1 unspecified atom stereocenters. The predicted molar refractivity (Wildman–Crippen MR) is 139 cm³/mol. The van der Waals surface area contributed by atoms with Crippen LogP contribution in [0.4, 0.5) is 4.39 Å². The van der Waals surface area contributed by atoms with Crippen molar-refractivity contribution < 1.29 is 27.1 Å². The average Bonchev–Trinajstić information content (AvgIpc) is 3.39. The first-order valence-corrected chi connectivity index (χ1v) is 13.5. The van der Waals surface area contributed by atoms with Gasteiger partial charge in [0.1, 0.15) is 11.5 Å². The first kappa shape index (κ1) is 25.8. The molecule has 1 aliphatic heterocycles. The molecule has 3 N–H and O–H groups in total. The van der Waals surface area contributed by atoms with Crippen LogP contribution >= 0.6 is 0 Å². The Labute approximate surface area is 220 Å². The van der Waals surface area contributed by atoms with Gasteiger partial charge in [0, 0.05) is 37.2 Å². The lowest BCUT2D eigenvalue weighted by molar-refractivity contribution is -0.0680. The molecule has 1 saturated heterocycles. The van der Waals surface area contributed by atoms with E-state index in [1.54, 1.807) is 18.2 Å². The van der Waals surface area contributed by atoms with Gasteiger partial charge in [-0.2, -0.15) is 0 Å². The molecular weight excluding hydrogens is 507 g/mol. The van der Waals surface area contributed by atoms with Crippen molar-refractivity contribution in [2.45, 2.75) is 29.3 Å². The van der Waals surface area contributed by atoms with Gasteiger partial charge in [0.15, 0.2) is 12.2 Å². The zero-order valence-electron chi connectivity index (χ0n) is 20.3. The van der Waals surface area contributed by atoms with Gasteiger partial charge in [-0.05, 0) is 53.6 Å². The Balaban J connectivity index is 1.55. The number of aliphatic hydroxyl groups is 1. The number of oxazole rings is 1. The molecule has 38 heavy (non-hydrogen) atoms. The van der Waals surface area contributed by atoms with E-state index in [0.717, 1.165) is 5.56 Å². The largest absolute Gasteiger partial charge is 0.443 e. The molecule has 4 aromatic rings. The molecule has 0 saturated carbocycles. The summed E-state index contributed by atoms with van der Waals surface area (Å²) < 4.78 is 48.9. The number of aromatic nitrogens is 1.